The van der Waals surface area contributed by atoms with Gasteiger partial charge in [0, 0.05) is 26.1 Å². The molecule has 8 nitrogen and oxygen atoms in total. The van der Waals surface area contributed by atoms with E-state index in [4.69, 9.17) is 9.05 Å². The van der Waals surface area contributed by atoms with E-state index in [1.165, 1.54) is 0 Å². The van der Waals surface area contributed by atoms with E-state index >= 15 is 0 Å². The van der Waals surface area contributed by atoms with Gasteiger partial charge in [0.2, 0.25) is 11.8 Å². The number of likely N-dealkylation sites (tertiary alicyclic amines) is 1. The maximum atomic E-state index is 5.28. The predicted molar refractivity (Wildman–Crippen MR) is 77.9 cm³/mol. The number of aromatic nitrogens is 4. The lowest BCUT2D eigenvalue weighted by molar-refractivity contribution is 0.177. The zero-order valence-corrected chi connectivity index (χ0v) is 13.5. The molecule has 0 aliphatic carbocycles. The summed E-state index contributed by atoms with van der Waals surface area (Å²) in [5.41, 5.74) is 0. The van der Waals surface area contributed by atoms with Crippen LogP contribution in [0, 0.1) is 13.8 Å². The summed E-state index contributed by atoms with van der Waals surface area (Å²) in [6.07, 6.45) is 1.10. The van der Waals surface area contributed by atoms with Crippen LogP contribution >= 0.6 is 0 Å². The fraction of sp³-hybridized carbons (Fsp3) is 0.714. The summed E-state index contributed by atoms with van der Waals surface area (Å²) in [4.78, 5) is 13.2. The minimum Gasteiger partial charge on any atom is -0.340 e. The molecule has 0 amide bonds. The molecule has 0 N–H and O–H groups in total. The van der Waals surface area contributed by atoms with Crippen molar-refractivity contribution in [2.45, 2.75) is 45.8 Å². The van der Waals surface area contributed by atoms with Gasteiger partial charge < -0.3 is 9.05 Å². The number of hydrogen-bond acceptors (Lipinski definition) is 8. The molecule has 3 rings (SSSR count). The third-order valence-electron chi connectivity index (χ3n) is 4.23. The monoisotopic (exact) mass is 306 g/mol. The van der Waals surface area contributed by atoms with Crippen molar-refractivity contribution in [1.82, 2.24) is 30.1 Å². The van der Waals surface area contributed by atoms with Crippen LogP contribution in [0.1, 0.15) is 42.8 Å². The van der Waals surface area contributed by atoms with Gasteiger partial charge in [-0.15, -0.1) is 0 Å². The smallest absolute Gasteiger partial charge is 0.243 e. The zero-order chi connectivity index (χ0) is 15.7. The van der Waals surface area contributed by atoms with Crippen molar-refractivity contribution in [2.24, 2.45) is 0 Å². The van der Waals surface area contributed by atoms with E-state index in [9.17, 15) is 0 Å². The van der Waals surface area contributed by atoms with Crippen molar-refractivity contribution in [3.8, 4) is 0 Å². The Labute approximate surface area is 129 Å². The van der Waals surface area contributed by atoms with Crippen LogP contribution in [0.4, 0.5) is 0 Å². The highest BCUT2D eigenvalue weighted by Gasteiger charge is 2.31. The van der Waals surface area contributed by atoms with E-state index in [0.29, 0.717) is 30.2 Å². The van der Waals surface area contributed by atoms with E-state index in [2.05, 4.69) is 44.1 Å². The van der Waals surface area contributed by atoms with Gasteiger partial charge in [0.05, 0.1) is 12.6 Å². The maximum Gasteiger partial charge on any atom is 0.243 e. The SMILES string of the molecule is Cc1noc([C@H](C)N2CC[C@@H](N(C)Cc3noc(C)n3)C2)n1. The Morgan fingerprint density at radius 1 is 1.27 bits per heavy atom. The second-order valence-corrected chi connectivity index (χ2v) is 5.94. The summed E-state index contributed by atoms with van der Waals surface area (Å²) in [7, 11) is 2.10. The minimum absolute atomic E-state index is 0.145. The molecule has 0 unspecified atom stereocenters. The first-order valence-electron chi connectivity index (χ1n) is 7.56. The fourth-order valence-corrected chi connectivity index (χ4v) is 2.88. The van der Waals surface area contributed by atoms with Gasteiger partial charge in [-0.1, -0.05) is 10.3 Å². The van der Waals surface area contributed by atoms with E-state index in [1.54, 1.807) is 0 Å². The molecule has 0 spiro atoms. The van der Waals surface area contributed by atoms with Crippen LogP contribution in [0.25, 0.3) is 0 Å². The average molecular weight is 306 g/mol. The molecule has 8 heteroatoms. The first-order valence-corrected chi connectivity index (χ1v) is 7.56. The van der Waals surface area contributed by atoms with Crippen LogP contribution < -0.4 is 0 Å². The van der Waals surface area contributed by atoms with Gasteiger partial charge in [0.1, 0.15) is 0 Å². The highest BCUT2D eigenvalue weighted by atomic mass is 16.5. The van der Waals surface area contributed by atoms with Gasteiger partial charge in [-0.3, -0.25) is 9.80 Å². The summed E-state index contributed by atoms with van der Waals surface area (Å²) < 4.78 is 10.3. The second kappa shape index (κ2) is 6.13. The molecule has 1 saturated heterocycles. The van der Waals surface area contributed by atoms with Gasteiger partial charge >= 0.3 is 0 Å². The third-order valence-corrected chi connectivity index (χ3v) is 4.23. The van der Waals surface area contributed by atoms with Crippen molar-refractivity contribution in [3.63, 3.8) is 0 Å². The van der Waals surface area contributed by atoms with Crippen LogP contribution in [0.5, 0.6) is 0 Å². The Balaban J connectivity index is 1.57. The Morgan fingerprint density at radius 3 is 2.73 bits per heavy atom. The van der Waals surface area contributed by atoms with Crippen LogP contribution in [0.15, 0.2) is 9.05 Å². The van der Waals surface area contributed by atoms with Gasteiger partial charge in [0.15, 0.2) is 11.6 Å². The normalized spacial score (nSPS) is 20.9. The molecular weight excluding hydrogens is 284 g/mol. The van der Waals surface area contributed by atoms with Crippen molar-refractivity contribution in [1.29, 1.82) is 0 Å². The van der Waals surface area contributed by atoms with Crippen LogP contribution in [-0.2, 0) is 6.54 Å². The molecule has 2 atom stereocenters. The fourth-order valence-electron chi connectivity index (χ4n) is 2.88. The molecule has 1 fully saturated rings. The van der Waals surface area contributed by atoms with Gasteiger partial charge in [-0.2, -0.15) is 9.97 Å². The van der Waals surface area contributed by atoms with Crippen molar-refractivity contribution >= 4 is 0 Å². The molecule has 2 aromatic heterocycles. The molecule has 0 bridgehead atoms. The summed E-state index contributed by atoms with van der Waals surface area (Å²) in [5, 5.41) is 7.83. The van der Waals surface area contributed by atoms with E-state index in [1.807, 2.05) is 13.8 Å². The number of rotatable bonds is 5. The number of nitrogens with zero attached hydrogens (tertiary/aromatic N) is 6. The molecule has 22 heavy (non-hydrogen) atoms. The maximum absolute atomic E-state index is 5.28. The summed E-state index contributed by atoms with van der Waals surface area (Å²) in [6.45, 7) is 8.44. The second-order valence-electron chi connectivity index (χ2n) is 5.94. The number of aryl methyl sites for hydroxylation is 2. The molecule has 1 aliphatic heterocycles. The third kappa shape index (κ3) is 3.17. The molecule has 120 valence electrons. The van der Waals surface area contributed by atoms with Crippen molar-refractivity contribution in [3.05, 3.63) is 23.4 Å². The lowest BCUT2D eigenvalue weighted by atomic mass is 10.2. The summed E-state index contributed by atoms with van der Waals surface area (Å²) in [6, 6.07) is 0.609. The number of likely N-dealkylation sites (N-methyl/N-ethyl adjacent to an activating group) is 1. The first-order chi connectivity index (χ1) is 10.5. The van der Waals surface area contributed by atoms with E-state index in [-0.39, 0.29) is 6.04 Å². The molecule has 0 saturated carbocycles. The molecule has 3 heterocycles. The highest BCUT2D eigenvalue weighted by Crippen LogP contribution is 2.25. The first kappa shape index (κ1) is 15.1. The lowest BCUT2D eigenvalue weighted by Crippen LogP contribution is -2.35. The molecule has 2 aromatic rings. The largest absolute Gasteiger partial charge is 0.340 e. The Bertz CT molecular complexity index is 624. The topological polar surface area (TPSA) is 84.3 Å². The van der Waals surface area contributed by atoms with Crippen molar-refractivity contribution < 1.29 is 9.05 Å². The van der Waals surface area contributed by atoms with Crippen LogP contribution in [0.3, 0.4) is 0 Å². The quantitative estimate of drug-likeness (QED) is 0.818. The van der Waals surface area contributed by atoms with Gasteiger partial charge in [-0.25, -0.2) is 0 Å². The Morgan fingerprint density at radius 2 is 2.09 bits per heavy atom. The van der Waals surface area contributed by atoms with Gasteiger partial charge in [-0.05, 0) is 27.3 Å². The van der Waals surface area contributed by atoms with E-state index < -0.39 is 0 Å². The van der Waals surface area contributed by atoms with E-state index in [0.717, 1.165) is 25.3 Å². The molecule has 1 aliphatic rings. The lowest BCUT2D eigenvalue weighted by Gasteiger charge is -2.25. The Kier molecular flexibility index (Phi) is 4.21. The summed E-state index contributed by atoms with van der Waals surface area (Å²) in [5.74, 6) is 2.72. The molecule has 0 radical (unpaired) electrons. The standard InChI is InChI=1S/C14H22N6O2/c1-9(14-15-10(2)17-22-14)20-6-5-12(7-20)19(4)8-13-16-11(3)21-18-13/h9,12H,5-8H2,1-4H3/t9-,12+/m0/s1. The zero-order valence-electron chi connectivity index (χ0n) is 13.5. The number of hydrogen-bond donors (Lipinski definition) is 0. The highest BCUT2D eigenvalue weighted by molar-refractivity contribution is 4.95. The van der Waals surface area contributed by atoms with Gasteiger partial charge in [0.25, 0.3) is 0 Å². The minimum atomic E-state index is 0.145. The summed E-state index contributed by atoms with van der Waals surface area (Å²) >= 11 is 0. The predicted octanol–water partition coefficient (Wildman–Crippen LogP) is 1.34. The van der Waals surface area contributed by atoms with Crippen LogP contribution in [-0.4, -0.2) is 56.3 Å². The average Bonchev–Trinajstić information content (AvgIpc) is 3.19. The van der Waals surface area contributed by atoms with Crippen molar-refractivity contribution in [2.75, 3.05) is 20.1 Å². The van der Waals surface area contributed by atoms with Crippen LogP contribution in [0.2, 0.25) is 0 Å². The Hall–Kier alpha value is -1.80. The molecule has 0 aromatic carbocycles. The molecular formula is C14H22N6O2.